The average molecular weight is 459 g/mol. The Bertz CT molecular complexity index is 659. The van der Waals surface area contributed by atoms with Crippen LogP contribution in [0.1, 0.15) is 10.4 Å². The molecule has 0 fully saturated rings. The highest BCUT2D eigenvalue weighted by atomic mass is 127. The van der Waals surface area contributed by atoms with Crippen LogP contribution >= 0.6 is 38.5 Å². The lowest BCUT2D eigenvalue weighted by atomic mass is 10.2. The molecule has 0 saturated carbocycles. The lowest BCUT2D eigenvalue weighted by Gasteiger charge is -2.08. The maximum atomic E-state index is 12.0. The number of hydrogen-bond acceptors (Lipinski definition) is 2. The Hall–Kier alpha value is -1.41. The van der Waals surface area contributed by atoms with Crippen LogP contribution < -0.4 is 10.6 Å². The fourth-order valence-electron chi connectivity index (χ4n) is 1.64. The SMILES string of the molecule is O=C(CNC(=O)c1ccccc1I)Nc1ccc(Br)cc1. The van der Waals surface area contributed by atoms with Gasteiger partial charge in [-0.15, -0.1) is 0 Å². The predicted molar refractivity (Wildman–Crippen MR) is 94.3 cm³/mol. The molecule has 2 aromatic rings. The molecule has 0 radical (unpaired) electrons. The summed E-state index contributed by atoms with van der Waals surface area (Å²) in [7, 11) is 0. The maximum Gasteiger partial charge on any atom is 0.252 e. The highest BCUT2D eigenvalue weighted by Gasteiger charge is 2.10. The van der Waals surface area contributed by atoms with Crippen LogP contribution in [0.4, 0.5) is 5.69 Å². The van der Waals surface area contributed by atoms with Crippen molar-refractivity contribution in [3.8, 4) is 0 Å². The molecule has 2 aromatic carbocycles. The smallest absolute Gasteiger partial charge is 0.252 e. The van der Waals surface area contributed by atoms with Crippen molar-refractivity contribution in [3.05, 3.63) is 62.1 Å². The number of benzene rings is 2. The zero-order valence-electron chi connectivity index (χ0n) is 10.9. The third-order valence-corrected chi connectivity index (χ3v) is 4.13. The van der Waals surface area contributed by atoms with E-state index in [9.17, 15) is 9.59 Å². The van der Waals surface area contributed by atoms with Gasteiger partial charge in [0.05, 0.1) is 12.1 Å². The van der Waals surface area contributed by atoms with Gasteiger partial charge in [-0.2, -0.15) is 0 Å². The van der Waals surface area contributed by atoms with E-state index in [1.54, 1.807) is 24.3 Å². The van der Waals surface area contributed by atoms with Gasteiger partial charge in [0.2, 0.25) is 5.91 Å². The minimum atomic E-state index is -0.267. The van der Waals surface area contributed by atoms with Crippen molar-refractivity contribution in [1.29, 1.82) is 0 Å². The van der Waals surface area contributed by atoms with Gasteiger partial charge in [-0.05, 0) is 59.0 Å². The summed E-state index contributed by atoms with van der Waals surface area (Å²) in [6.45, 7) is -0.0696. The number of rotatable bonds is 4. The molecule has 0 aliphatic rings. The molecule has 2 amide bonds. The summed E-state index contributed by atoms with van der Waals surface area (Å²) in [6, 6.07) is 14.5. The molecular formula is C15H12BrIN2O2. The van der Waals surface area contributed by atoms with Gasteiger partial charge in [0, 0.05) is 13.7 Å². The molecule has 0 bridgehead atoms. The van der Waals surface area contributed by atoms with Crippen molar-refractivity contribution in [2.24, 2.45) is 0 Å². The van der Waals surface area contributed by atoms with Crippen molar-refractivity contribution in [3.63, 3.8) is 0 Å². The van der Waals surface area contributed by atoms with E-state index in [4.69, 9.17) is 0 Å². The minimum absolute atomic E-state index is 0.0696. The lowest BCUT2D eigenvalue weighted by Crippen LogP contribution is -2.33. The molecule has 0 aliphatic carbocycles. The summed E-state index contributed by atoms with van der Waals surface area (Å²) < 4.78 is 1.79. The first-order valence-corrected chi connectivity index (χ1v) is 8.01. The highest BCUT2D eigenvalue weighted by molar-refractivity contribution is 14.1. The molecule has 0 saturated heterocycles. The van der Waals surface area contributed by atoms with E-state index in [-0.39, 0.29) is 18.4 Å². The van der Waals surface area contributed by atoms with Crippen LogP contribution in [-0.2, 0) is 4.79 Å². The fraction of sp³-hybridized carbons (Fsp3) is 0.0667. The lowest BCUT2D eigenvalue weighted by molar-refractivity contribution is -0.115. The molecule has 2 rings (SSSR count). The number of amides is 2. The average Bonchev–Trinajstić information content (AvgIpc) is 2.48. The van der Waals surface area contributed by atoms with Crippen LogP contribution in [0.15, 0.2) is 53.0 Å². The Morgan fingerprint density at radius 3 is 2.38 bits per heavy atom. The van der Waals surface area contributed by atoms with Crippen molar-refractivity contribution in [1.82, 2.24) is 5.32 Å². The molecule has 0 unspecified atom stereocenters. The Kier molecular flexibility index (Phi) is 5.75. The Morgan fingerprint density at radius 1 is 1.05 bits per heavy atom. The number of nitrogens with one attached hydrogen (secondary N) is 2. The zero-order valence-corrected chi connectivity index (χ0v) is 14.6. The van der Waals surface area contributed by atoms with Gasteiger partial charge in [-0.1, -0.05) is 28.1 Å². The zero-order chi connectivity index (χ0) is 15.2. The summed E-state index contributed by atoms with van der Waals surface area (Å²) in [6.07, 6.45) is 0. The maximum absolute atomic E-state index is 12.0. The Balaban J connectivity index is 1.88. The molecule has 2 N–H and O–H groups in total. The third kappa shape index (κ3) is 4.82. The number of halogens is 2. The second-order valence-corrected chi connectivity index (χ2v) is 6.30. The normalized spacial score (nSPS) is 10.0. The van der Waals surface area contributed by atoms with Crippen molar-refractivity contribution >= 4 is 56.0 Å². The Labute approximate surface area is 144 Å². The summed E-state index contributed by atoms with van der Waals surface area (Å²) >= 11 is 5.41. The Morgan fingerprint density at radius 2 is 1.71 bits per heavy atom. The molecule has 0 spiro atoms. The van der Waals surface area contributed by atoms with Crippen LogP contribution in [0.5, 0.6) is 0 Å². The second kappa shape index (κ2) is 7.56. The first kappa shape index (κ1) is 16.0. The van der Waals surface area contributed by atoms with Gasteiger partial charge in [0.25, 0.3) is 5.91 Å². The molecule has 21 heavy (non-hydrogen) atoms. The summed E-state index contributed by atoms with van der Waals surface area (Å²) in [4.78, 5) is 23.7. The summed E-state index contributed by atoms with van der Waals surface area (Å²) in [5, 5.41) is 5.32. The number of carbonyl (C=O) groups is 2. The molecule has 6 heteroatoms. The van der Waals surface area contributed by atoms with Crippen LogP contribution in [-0.4, -0.2) is 18.4 Å². The quantitative estimate of drug-likeness (QED) is 0.689. The van der Waals surface area contributed by atoms with Gasteiger partial charge in [0.15, 0.2) is 0 Å². The molecular weight excluding hydrogens is 447 g/mol. The standard InChI is InChI=1S/C15H12BrIN2O2/c16-10-5-7-11(8-6-10)19-14(20)9-18-15(21)12-3-1-2-4-13(12)17/h1-8H,9H2,(H,18,21)(H,19,20). The number of anilines is 1. The summed E-state index contributed by atoms with van der Waals surface area (Å²) in [5.74, 6) is -0.525. The van der Waals surface area contributed by atoms with Gasteiger partial charge in [-0.25, -0.2) is 0 Å². The van der Waals surface area contributed by atoms with Crippen molar-refractivity contribution in [2.45, 2.75) is 0 Å². The van der Waals surface area contributed by atoms with E-state index in [1.165, 1.54) is 0 Å². The monoisotopic (exact) mass is 458 g/mol. The number of hydrogen-bond donors (Lipinski definition) is 2. The van der Waals surface area contributed by atoms with E-state index in [0.717, 1.165) is 8.04 Å². The van der Waals surface area contributed by atoms with E-state index in [1.807, 2.05) is 24.3 Å². The third-order valence-electron chi connectivity index (χ3n) is 2.66. The molecule has 4 nitrogen and oxygen atoms in total. The van der Waals surface area contributed by atoms with E-state index >= 15 is 0 Å². The van der Waals surface area contributed by atoms with Crippen LogP contribution in [0, 0.1) is 3.57 Å². The van der Waals surface area contributed by atoms with E-state index in [0.29, 0.717) is 11.3 Å². The van der Waals surface area contributed by atoms with Gasteiger partial charge in [-0.3, -0.25) is 9.59 Å². The second-order valence-electron chi connectivity index (χ2n) is 4.22. The van der Waals surface area contributed by atoms with Crippen molar-refractivity contribution in [2.75, 3.05) is 11.9 Å². The fourth-order valence-corrected chi connectivity index (χ4v) is 2.54. The van der Waals surface area contributed by atoms with Gasteiger partial charge < -0.3 is 10.6 Å². The minimum Gasteiger partial charge on any atom is -0.343 e. The topological polar surface area (TPSA) is 58.2 Å². The first-order chi connectivity index (χ1) is 10.1. The van der Waals surface area contributed by atoms with Gasteiger partial charge in [0.1, 0.15) is 0 Å². The largest absolute Gasteiger partial charge is 0.343 e. The molecule has 108 valence electrons. The molecule has 0 heterocycles. The molecule has 0 atom stereocenters. The first-order valence-electron chi connectivity index (χ1n) is 6.14. The van der Waals surface area contributed by atoms with Gasteiger partial charge >= 0.3 is 0 Å². The van der Waals surface area contributed by atoms with Crippen LogP contribution in [0.3, 0.4) is 0 Å². The van der Waals surface area contributed by atoms with E-state index < -0.39 is 0 Å². The summed E-state index contributed by atoms with van der Waals surface area (Å²) in [5.41, 5.74) is 1.25. The molecule has 0 aliphatic heterocycles. The van der Waals surface area contributed by atoms with E-state index in [2.05, 4.69) is 49.2 Å². The van der Waals surface area contributed by atoms with Crippen LogP contribution in [0.2, 0.25) is 0 Å². The molecule has 0 aromatic heterocycles. The highest BCUT2D eigenvalue weighted by Crippen LogP contribution is 2.14. The van der Waals surface area contributed by atoms with Crippen LogP contribution in [0.25, 0.3) is 0 Å². The predicted octanol–water partition coefficient (Wildman–Crippen LogP) is 3.42. The van der Waals surface area contributed by atoms with Crippen molar-refractivity contribution < 1.29 is 9.59 Å². The number of carbonyl (C=O) groups excluding carboxylic acids is 2.